The van der Waals surface area contributed by atoms with Crippen LogP contribution in [0, 0.1) is 6.92 Å². The van der Waals surface area contributed by atoms with Crippen LogP contribution in [-0.2, 0) is 23.5 Å². The number of aromatic nitrogens is 2. The van der Waals surface area contributed by atoms with Gasteiger partial charge in [0.25, 0.3) is 5.91 Å². The highest BCUT2D eigenvalue weighted by Gasteiger charge is 2.13. The van der Waals surface area contributed by atoms with Gasteiger partial charge in [0, 0.05) is 18.5 Å². The molecule has 3 N–H and O–H groups in total. The highest BCUT2D eigenvalue weighted by atomic mass is 32.2. The smallest absolute Gasteiger partial charge is 0.269 e. The van der Waals surface area contributed by atoms with E-state index >= 15 is 0 Å². The van der Waals surface area contributed by atoms with Gasteiger partial charge in [-0.05, 0) is 31.5 Å². The first-order chi connectivity index (χ1) is 9.77. The first-order valence-electron chi connectivity index (χ1n) is 6.18. The van der Waals surface area contributed by atoms with Crippen LogP contribution in [0.3, 0.4) is 0 Å². The van der Waals surface area contributed by atoms with Crippen molar-refractivity contribution in [2.45, 2.75) is 17.6 Å². The largest absolute Gasteiger partial charge is 0.350 e. The van der Waals surface area contributed by atoms with Crippen LogP contribution in [0.5, 0.6) is 0 Å². The van der Waals surface area contributed by atoms with Crippen molar-refractivity contribution in [3.63, 3.8) is 0 Å². The summed E-state index contributed by atoms with van der Waals surface area (Å²) in [5, 5.41) is 11.9. The zero-order valence-electron chi connectivity index (χ0n) is 11.7. The Morgan fingerprint density at radius 2 is 2.19 bits per heavy atom. The Bertz CT molecular complexity index is 761. The molecule has 0 bridgehead atoms. The molecule has 0 unspecified atom stereocenters. The fourth-order valence-electron chi connectivity index (χ4n) is 1.86. The van der Waals surface area contributed by atoms with Crippen LogP contribution in [0.1, 0.15) is 21.1 Å². The molecular weight excluding hydrogens is 312 g/mol. The minimum absolute atomic E-state index is 0.131. The van der Waals surface area contributed by atoms with E-state index in [1.165, 1.54) is 10.7 Å². The van der Waals surface area contributed by atoms with Gasteiger partial charge in [-0.3, -0.25) is 9.48 Å². The van der Waals surface area contributed by atoms with Gasteiger partial charge in [-0.25, -0.2) is 13.6 Å². The average Bonchev–Trinajstić information content (AvgIpc) is 2.95. The van der Waals surface area contributed by atoms with Gasteiger partial charge in [0.1, 0.15) is 9.90 Å². The van der Waals surface area contributed by atoms with Gasteiger partial charge in [-0.2, -0.15) is 5.10 Å². The monoisotopic (exact) mass is 328 g/mol. The third-order valence-corrected chi connectivity index (χ3v) is 5.39. The lowest BCUT2D eigenvalue weighted by atomic mass is 10.3. The lowest BCUT2D eigenvalue weighted by Gasteiger charge is -2.04. The van der Waals surface area contributed by atoms with Crippen LogP contribution in [-0.4, -0.2) is 30.7 Å². The second-order valence-electron chi connectivity index (χ2n) is 4.57. The van der Waals surface area contributed by atoms with Crippen LogP contribution in [0.25, 0.3) is 0 Å². The van der Waals surface area contributed by atoms with Gasteiger partial charge < -0.3 is 5.32 Å². The van der Waals surface area contributed by atoms with Crippen LogP contribution in [0.15, 0.2) is 22.4 Å². The number of amides is 1. The van der Waals surface area contributed by atoms with Gasteiger partial charge in [0.15, 0.2) is 0 Å². The Morgan fingerprint density at radius 1 is 1.48 bits per heavy atom. The minimum Gasteiger partial charge on any atom is -0.350 e. The van der Waals surface area contributed by atoms with Crippen molar-refractivity contribution in [2.24, 2.45) is 12.2 Å². The number of hydrogen-bond acceptors (Lipinski definition) is 5. The molecule has 7 nitrogen and oxygen atoms in total. The molecule has 0 aromatic carbocycles. The summed E-state index contributed by atoms with van der Waals surface area (Å²) in [5.41, 5.74) is 1.27. The van der Waals surface area contributed by atoms with E-state index in [-0.39, 0.29) is 10.1 Å². The molecule has 0 fully saturated rings. The van der Waals surface area contributed by atoms with E-state index < -0.39 is 10.0 Å². The van der Waals surface area contributed by atoms with E-state index in [4.69, 9.17) is 5.14 Å². The van der Waals surface area contributed by atoms with Crippen molar-refractivity contribution in [1.29, 1.82) is 0 Å². The number of rotatable bonds is 5. The highest BCUT2D eigenvalue weighted by molar-refractivity contribution is 7.91. The molecule has 0 saturated carbocycles. The van der Waals surface area contributed by atoms with E-state index in [0.717, 1.165) is 21.9 Å². The highest BCUT2D eigenvalue weighted by Crippen LogP contribution is 2.20. The first-order valence-corrected chi connectivity index (χ1v) is 8.54. The molecule has 21 heavy (non-hydrogen) atoms. The van der Waals surface area contributed by atoms with Crippen molar-refractivity contribution in [1.82, 2.24) is 15.1 Å². The Hall–Kier alpha value is -1.71. The molecule has 0 atom stereocenters. The molecule has 0 aliphatic rings. The van der Waals surface area contributed by atoms with Crippen molar-refractivity contribution in [3.05, 3.63) is 34.5 Å². The number of carbonyl (C=O) groups is 1. The predicted octanol–water partition coefficient (Wildman–Crippen LogP) is 0.410. The molecule has 0 saturated heterocycles. The molecule has 0 aliphatic heterocycles. The SMILES string of the molecule is Cc1cc(C(=O)NCCc2ccc(S(N)(=O)=O)s2)n(C)n1. The Morgan fingerprint density at radius 3 is 2.71 bits per heavy atom. The number of nitrogens with one attached hydrogen (secondary N) is 1. The lowest BCUT2D eigenvalue weighted by Crippen LogP contribution is -2.27. The number of carbonyl (C=O) groups excluding carboxylic acids is 1. The van der Waals surface area contributed by atoms with Crippen molar-refractivity contribution in [2.75, 3.05) is 6.54 Å². The van der Waals surface area contributed by atoms with Crippen molar-refractivity contribution < 1.29 is 13.2 Å². The summed E-state index contributed by atoms with van der Waals surface area (Å²) in [6.45, 7) is 2.23. The van der Waals surface area contributed by atoms with E-state index in [2.05, 4.69) is 10.4 Å². The van der Waals surface area contributed by atoms with Crippen LogP contribution in [0.2, 0.25) is 0 Å². The molecule has 2 aromatic heterocycles. The fraction of sp³-hybridized carbons (Fsp3) is 0.333. The maximum Gasteiger partial charge on any atom is 0.269 e. The van der Waals surface area contributed by atoms with Crippen LogP contribution < -0.4 is 10.5 Å². The maximum atomic E-state index is 11.9. The number of hydrogen-bond donors (Lipinski definition) is 2. The second-order valence-corrected chi connectivity index (χ2v) is 7.52. The third kappa shape index (κ3) is 3.90. The van der Waals surface area contributed by atoms with Crippen molar-refractivity contribution >= 4 is 27.3 Å². The number of thiophene rings is 1. The molecule has 0 aliphatic carbocycles. The number of primary sulfonamides is 1. The van der Waals surface area contributed by atoms with E-state index in [1.807, 2.05) is 6.92 Å². The summed E-state index contributed by atoms with van der Waals surface area (Å²) in [6, 6.07) is 4.88. The fourth-order valence-corrected chi connectivity index (χ4v) is 3.64. The zero-order valence-corrected chi connectivity index (χ0v) is 13.3. The number of nitrogens with zero attached hydrogens (tertiary/aromatic N) is 2. The Labute approximate surface area is 126 Å². The summed E-state index contributed by atoms with van der Waals surface area (Å²) < 4.78 is 24.0. The van der Waals surface area contributed by atoms with Gasteiger partial charge in [0.2, 0.25) is 10.0 Å². The summed E-state index contributed by atoms with van der Waals surface area (Å²) in [6.07, 6.45) is 0.544. The van der Waals surface area contributed by atoms with Gasteiger partial charge in [-0.15, -0.1) is 11.3 Å². The summed E-state index contributed by atoms with van der Waals surface area (Å²) in [4.78, 5) is 12.8. The molecule has 1 amide bonds. The van der Waals surface area contributed by atoms with E-state index in [1.54, 1.807) is 19.2 Å². The molecule has 2 rings (SSSR count). The van der Waals surface area contributed by atoms with Crippen molar-refractivity contribution in [3.8, 4) is 0 Å². The molecule has 2 aromatic rings. The molecule has 2 heterocycles. The van der Waals surface area contributed by atoms with E-state index in [0.29, 0.717) is 18.7 Å². The maximum absolute atomic E-state index is 11.9. The predicted molar refractivity (Wildman–Crippen MR) is 79.7 cm³/mol. The molecule has 114 valence electrons. The summed E-state index contributed by atoms with van der Waals surface area (Å²) in [7, 11) is -1.94. The van der Waals surface area contributed by atoms with E-state index in [9.17, 15) is 13.2 Å². The topological polar surface area (TPSA) is 107 Å². The Kier molecular flexibility index (Phi) is 4.45. The van der Waals surface area contributed by atoms with Crippen LogP contribution in [0.4, 0.5) is 0 Å². The van der Waals surface area contributed by atoms with Gasteiger partial charge in [-0.1, -0.05) is 0 Å². The normalized spacial score (nSPS) is 11.6. The minimum atomic E-state index is -3.65. The number of sulfonamides is 1. The standard InChI is InChI=1S/C12H16N4O3S2/c1-8-7-10(16(2)15-8)12(17)14-6-5-9-3-4-11(20-9)21(13,18)19/h3-4,7H,5-6H2,1-2H3,(H,14,17)(H2,13,18,19). The van der Waals surface area contributed by atoms with Crippen LogP contribution >= 0.6 is 11.3 Å². The molecule has 0 spiro atoms. The zero-order chi connectivity index (χ0) is 15.6. The second kappa shape index (κ2) is 5.96. The van der Waals surface area contributed by atoms with Gasteiger partial charge >= 0.3 is 0 Å². The molecule has 0 radical (unpaired) electrons. The third-order valence-electron chi connectivity index (χ3n) is 2.81. The summed E-state index contributed by atoms with van der Waals surface area (Å²) >= 11 is 1.11. The molecular formula is C12H16N4O3S2. The summed E-state index contributed by atoms with van der Waals surface area (Å²) in [5.74, 6) is -0.207. The number of aryl methyl sites for hydroxylation is 2. The Balaban J connectivity index is 1.91. The number of nitrogens with two attached hydrogens (primary N) is 1. The van der Waals surface area contributed by atoms with Gasteiger partial charge in [0.05, 0.1) is 5.69 Å². The molecule has 9 heteroatoms. The first kappa shape index (κ1) is 15.7. The average molecular weight is 328 g/mol. The lowest BCUT2D eigenvalue weighted by molar-refractivity contribution is 0.0945. The quantitative estimate of drug-likeness (QED) is 0.829.